The molecular weight excluding hydrogens is 238 g/mol. The van der Waals surface area contributed by atoms with Crippen molar-refractivity contribution < 1.29 is 4.79 Å². The maximum atomic E-state index is 12.5. The van der Waals surface area contributed by atoms with Crippen LogP contribution in [0.15, 0.2) is 36.4 Å². The fourth-order valence-electron chi connectivity index (χ4n) is 2.69. The van der Waals surface area contributed by atoms with Gasteiger partial charge in [0.25, 0.3) is 0 Å². The lowest BCUT2D eigenvalue weighted by atomic mass is 9.95. The van der Waals surface area contributed by atoms with Crippen LogP contribution in [-0.2, 0) is 17.8 Å². The van der Waals surface area contributed by atoms with Gasteiger partial charge in [0.1, 0.15) is 6.04 Å². The number of hydrogen-bond acceptors (Lipinski definition) is 3. The lowest BCUT2D eigenvalue weighted by Crippen LogP contribution is -2.50. The Bertz CT molecular complexity index is 573. The number of rotatable bonds is 1. The molecule has 0 aromatic heterocycles. The lowest BCUT2D eigenvalue weighted by molar-refractivity contribution is -0.133. The van der Waals surface area contributed by atoms with Gasteiger partial charge >= 0.3 is 0 Å². The van der Waals surface area contributed by atoms with E-state index in [9.17, 15) is 4.79 Å². The van der Waals surface area contributed by atoms with Gasteiger partial charge in [0.2, 0.25) is 5.91 Å². The molecule has 0 saturated heterocycles. The monoisotopic (exact) mass is 253 g/mol. The second kappa shape index (κ2) is 4.87. The minimum Gasteiger partial charge on any atom is -0.318 e. The number of fused-ring (bicyclic) bond motifs is 1. The predicted octanol–water partition coefficient (Wildman–Crippen LogP) is 0.991. The van der Waals surface area contributed by atoms with Gasteiger partial charge in [-0.05, 0) is 23.6 Å². The maximum Gasteiger partial charge on any atom is 0.241 e. The number of carbonyl (C=O) groups excluding carboxylic acids is 1. The van der Waals surface area contributed by atoms with Gasteiger partial charge in [0, 0.05) is 13.1 Å². The summed E-state index contributed by atoms with van der Waals surface area (Å²) in [7, 11) is 0. The first-order chi connectivity index (χ1) is 9.29. The molecule has 2 aliphatic heterocycles. The minimum atomic E-state index is -0.411. The highest BCUT2D eigenvalue weighted by Crippen LogP contribution is 2.19. The van der Waals surface area contributed by atoms with Crippen molar-refractivity contribution in [3.05, 3.63) is 47.5 Å². The fraction of sp³-hybridized carbons (Fsp3) is 0.333. The first-order valence-corrected chi connectivity index (χ1v) is 6.46. The molecule has 0 saturated carbocycles. The van der Waals surface area contributed by atoms with E-state index < -0.39 is 6.04 Å². The third-order valence-corrected chi connectivity index (χ3v) is 3.75. The van der Waals surface area contributed by atoms with E-state index in [2.05, 4.69) is 23.5 Å². The Balaban J connectivity index is 1.75. The molecule has 2 heterocycles. The van der Waals surface area contributed by atoms with Gasteiger partial charge in [-0.2, -0.15) is 5.26 Å². The number of carbonyl (C=O) groups is 1. The van der Waals surface area contributed by atoms with Crippen molar-refractivity contribution in [1.29, 1.82) is 5.26 Å². The molecule has 96 valence electrons. The molecule has 2 atom stereocenters. The minimum absolute atomic E-state index is 0.0195. The van der Waals surface area contributed by atoms with E-state index in [-0.39, 0.29) is 11.9 Å². The molecule has 1 aromatic rings. The Morgan fingerprint density at radius 1 is 1.37 bits per heavy atom. The number of nitrogens with one attached hydrogen (secondary N) is 1. The van der Waals surface area contributed by atoms with E-state index in [1.165, 1.54) is 11.1 Å². The molecule has 19 heavy (non-hydrogen) atoms. The molecule has 4 nitrogen and oxygen atoms in total. The number of benzene rings is 1. The number of hydrogen-bond donors (Lipinski definition) is 1. The Morgan fingerprint density at radius 2 is 2.16 bits per heavy atom. The van der Waals surface area contributed by atoms with Crippen LogP contribution in [0.4, 0.5) is 0 Å². The molecule has 3 rings (SSSR count). The Labute approximate surface area is 112 Å². The summed E-state index contributed by atoms with van der Waals surface area (Å²) in [4.78, 5) is 14.1. The van der Waals surface area contributed by atoms with Crippen LogP contribution in [0.5, 0.6) is 0 Å². The van der Waals surface area contributed by atoms with Gasteiger partial charge in [-0.15, -0.1) is 0 Å². The van der Waals surface area contributed by atoms with E-state index >= 15 is 0 Å². The summed E-state index contributed by atoms with van der Waals surface area (Å²) in [6.07, 6.45) is 4.36. The molecule has 1 N–H and O–H groups in total. The Hall–Kier alpha value is -2.12. The zero-order valence-corrected chi connectivity index (χ0v) is 10.5. The molecule has 1 aromatic carbocycles. The highest BCUT2D eigenvalue weighted by atomic mass is 16.2. The Kier molecular flexibility index (Phi) is 3.06. The van der Waals surface area contributed by atoms with Gasteiger partial charge in [-0.1, -0.05) is 30.3 Å². The summed E-state index contributed by atoms with van der Waals surface area (Å²) >= 11 is 0. The number of nitrogens with zero attached hydrogens (tertiary/aromatic N) is 2. The summed E-state index contributed by atoms with van der Waals surface area (Å²) in [6, 6.07) is 9.68. The molecule has 0 bridgehead atoms. The molecule has 4 heteroatoms. The molecule has 2 unspecified atom stereocenters. The molecular formula is C15H15N3O. The van der Waals surface area contributed by atoms with Crippen molar-refractivity contribution in [1.82, 2.24) is 10.2 Å². The quantitative estimate of drug-likeness (QED) is 0.759. The van der Waals surface area contributed by atoms with Gasteiger partial charge in [-0.3, -0.25) is 4.79 Å². The van der Waals surface area contributed by atoms with Crippen LogP contribution in [-0.4, -0.2) is 29.4 Å². The van der Waals surface area contributed by atoms with E-state index in [0.717, 1.165) is 0 Å². The van der Waals surface area contributed by atoms with Crippen molar-refractivity contribution in [2.24, 2.45) is 0 Å². The van der Waals surface area contributed by atoms with Crippen LogP contribution in [0, 0.1) is 11.3 Å². The smallest absolute Gasteiger partial charge is 0.241 e. The van der Waals surface area contributed by atoms with Crippen LogP contribution >= 0.6 is 0 Å². The van der Waals surface area contributed by atoms with E-state index in [4.69, 9.17) is 5.26 Å². The summed E-state index contributed by atoms with van der Waals surface area (Å²) in [6.45, 7) is 1.25. The average Bonchev–Trinajstić information content (AvgIpc) is 2.94. The van der Waals surface area contributed by atoms with Gasteiger partial charge < -0.3 is 10.2 Å². The zero-order valence-electron chi connectivity index (χ0n) is 10.5. The summed E-state index contributed by atoms with van der Waals surface area (Å²) in [5.41, 5.74) is 2.48. The predicted molar refractivity (Wildman–Crippen MR) is 71.0 cm³/mol. The van der Waals surface area contributed by atoms with Gasteiger partial charge in [-0.25, -0.2) is 0 Å². The molecule has 0 aliphatic carbocycles. The van der Waals surface area contributed by atoms with Crippen LogP contribution < -0.4 is 5.32 Å². The maximum absolute atomic E-state index is 12.5. The van der Waals surface area contributed by atoms with Gasteiger partial charge in [0.15, 0.2) is 0 Å². The van der Waals surface area contributed by atoms with E-state index in [0.29, 0.717) is 19.5 Å². The van der Waals surface area contributed by atoms with E-state index in [1.54, 1.807) is 11.0 Å². The fourth-order valence-corrected chi connectivity index (χ4v) is 2.69. The summed E-state index contributed by atoms with van der Waals surface area (Å²) in [5.74, 6) is 0.0195. The summed E-state index contributed by atoms with van der Waals surface area (Å²) in [5, 5.41) is 12.3. The SMILES string of the molecule is N#CC1C=CCN1C(=O)C1Cc2ccccc2CN1. The van der Waals surface area contributed by atoms with Crippen molar-refractivity contribution in [3.63, 3.8) is 0 Å². The molecule has 0 fully saturated rings. The summed E-state index contributed by atoms with van der Waals surface area (Å²) < 4.78 is 0. The zero-order chi connectivity index (χ0) is 13.2. The number of nitriles is 1. The first kappa shape index (κ1) is 11.9. The Morgan fingerprint density at radius 3 is 2.95 bits per heavy atom. The molecule has 2 aliphatic rings. The third kappa shape index (κ3) is 2.13. The second-order valence-corrected chi connectivity index (χ2v) is 4.90. The van der Waals surface area contributed by atoms with Crippen molar-refractivity contribution in [2.45, 2.75) is 25.0 Å². The topological polar surface area (TPSA) is 56.1 Å². The molecule has 0 spiro atoms. The van der Waals surface area contributed by atoms with Crippen molar-refractivity contribution in [3.8, 4) is 6.07 Å². The lowest BCUT2D eigenvalue weighted by Gasteiger charge is -2.30. The van der Waals surface area contributed by atoms with Crippen LogP contribution in [0.3, 0.4) is 0 Å². The molecule has 0 radical (unpaired) electrons. The van der Waals surface area contributed by atoms with Crippen LogP contribution in [0.25, 0.3) is 0 Å². The second-order valence-electron chi connectivity index (χ2n) is 4.90. The first-order valence-electron chi connectivity index (χ1n) is 6.46. The third-order valence-electron chi connectivity index (χ3n) is 3.75. The standard InChI is InChI=1S/C15H15N3O/c16-9-13-6-3-7-18(13)15(19)14-8-11-4-1-2-5-12(11)10-17-14/h1-6,13-14,17H,7-8,10H2. The van der Waals surface area contributed by atoms with Crippen molar-refractivity contribution >= 4 is 5.91 Å². The number of amides is 1. The molecule has 1 amide bonds. The largest absolute Gasteiger partial charge is 0.318 e. The van der Waals surface area contributed by atoms with Crippen LogP contribution in [0.1, 0.15) is 11.1 Å². The van der Waals surface area contributed by atoms with Crippen molar-refractivity contribution in [2.75, 3.05) is 6.54 Å². The highest BCUT2D eigenvalue weighted by molar-refractivity contribution is 5.84. The highest BCUT2D eigenvalue weighted by Gasteiger charge is 2.32. The van der Waals surface area contributed by atoms with Crippen LogP contribution in [0.2, 0.25) is 0 Å². The average molecular weight is 253 g/mol. The van der Waals surface area contributed by atoms with E-state index in [1.807, 2.05) is 18.2 Å². The van der Waals surface area contributed by atoms with Gasteiger partial charge in [0.05, 0.1) is 12.1 Å². The normalized spacial score (nSPS) is 24.9.